The number of aryl methyl sites for hydroxylation is 2. The minimum atomic E-state index is -3.10. The Labute approximate surface area is 203 Å². The molecule has 4 aromatic rings. The van der Waals surface area contributed by atoms with Gasteiger partial charge in [-0.25, -0.2) is 18.1 Å². The van der Waals surface area contributed by atoms with Crippen molar-refractivity contribution in [1.29, 1.82) is 0 Å². The highest BCUT2D eigenvalue weighted by Crippen LogP contribution is 2.33. The molecule has 0 aliphatic carbocycles. The number of hydrogen-bond donors (Lipinski definition) is 1. The maximum absolute atomic E-state index is 13.5. The first-order valence-corrected chi connectivity index (χ1v) is 13.9. The summed E-state index contributed by atoms with van der Waals surface area (Å²) in [5.41, 5.74) is 3.98. The maximum atomic E-state index is 13.5. The molecule has 0 bridgehead atoms. The number of thiophene rings is 1. The molecule has 0 spiro atoms. The zero-order valence-electron chi connectivity index (χ0n) is 18.0. The van der Waals surface area contributed by atoms with Crippen LogP contribution in [0.25, 0.3) is 21.6 Å². The van der Waals surface area contributed by atoms with E-state index in [9.17, 15) is 13.2 Å². The highest BCUT2D eigenvalue weighted by atomic mass is 79.9. The van der Waals surface area contributed by atoms with Crippen LogP contribution in [0.4, 0.5) is 5.69 Å². The molecule has 10 heteroatoms. The second kappa shape index (κ2) is 8.34. The molecule has 3 aromatic heterocycles. The number of hydrogen-bond acceptors (Lipinski definition) is 6. The maximum Gasteiger partial charge on any atom is 0.256 e. The Morgan fingerprint density at radius 1 is 1.24 bits per heavy atom. The van der Waals surface area contributed by atoms with Crippen LogP contribution in [0.2, 0.25) is 0 Å². The number of carbonyl (C=O) groups excluding carboxylic acids is 1. The molecule has 0 radical (unpaired) electrons. The molecule has 4 heterocycles. The molecular weight excluding hydrogens is 524 g/mol. The second-order valence-electron chi connectivity index (χ2n) is 8.23. The van der Waals surface area contributed by atoms with Gasteiger partial charge < -0.3 is 5.32 Å². The van der Waals surface area contributed by atoms with Gasteiger partial charge in [-0.2, -0.15) is 5.10 Å². The van der Waals surface area contributed by atoms with Crippen molar-refractivity contribution in [2.45, 2.75) is 26.3 Å². The highest BCUT2D eigenvalue weighted by molar-refractivity contribution is 9.10. The Morgan fingerprint density at radius 2 is 2.06 bits per heavy atom. The summed E-state index contributed by atoms with van der Waals surface area (Å²) in [6.07, 6.45) is 0.489. The van der Waals surface area contributed by atoms with Gasteiger partial charge in [-0.05, 0) is 61.5 Å². The molecule has 0 saturated carbocycles. The van der Waals surface area contributed by atoms with E-state index in [2.05, 4.69) is 26.3 Å². The Morgan fingerprint density at radius 3 is 2.73 bits per heavy atom. The average Bonchev–Trinajstić information content (AvgIpc) is 3.49. The number of nitrogens with one attached hydrogen (secondary N) is 1. The van der Waals surface area contributed by atoms with Gasteiger partial charge in [-0.15, -0.1) is 11.3 Å². The predicted molar refractivity (Wildman–Crippen MR) is 135 cm³/mol. The first-order valence-electron chi connectivity index (χ1n) is 10.4. The third kappa shape index (κ3) is 4.22. The molecule has 1 aliphatic rings. The summed E-state index contributed by atoms with van der Waals surface area (Å²) >= 11 is 4.98. The second-order valence-corrected chi connectivity index (χ2v) is 12.3. The van der Waals surface area contributed by atoms with Crippen LogP contribution in [-0.2, 0) is 9.84 Å². The van der Waals surface area contributed by atoms with Gasteiger partial charge in [0.2, 0.25) is 0 Å². The van der Waals surface area contributed by atoms with Crippen molar-refractivity contribution in [3.63, 3.8) is 0 Å². The molecule has 1 amide bonds. The number of carbonyl (C=O) groups is 1. The number of sulfone groups is 1. The van der Waals surface area contributed by atoms with Crippen molar-refractivity contribution in [1.82, 2.24) is 14.8 Å². The van der Waals surface area contributed by atoms with Crippen molar-refractivity contribution in [3.8, 4) is 10.6 Å². The minimum absolute atomic E-state index is 0.0355. The number of amides is 1. The van der Waals surface area contributed by atoms with E-state index < -0.39 is 9.84 Å². The van der Waals surface area contributed by atoms with Gasteiger partial charge in [-0.1, -0.05) is 22.0 Å². The largest absolute Gasteiger partial charge is 0.322 e. The molecule has 1 aliphatic heterocycles. The van der Waals surface area contributed by atoms with Crippen molar-refractivity contribution in [2.75, 3.05) is 16.8 Å². The first kappa shape index (κ1) is 22.2. The van der Waals surface area contributed by atoms with Gasteiger partial charge in [0, 0.05) is 10.2 Å². The number of rotatable bonds is 4. The lowest BCUT2D eigenvalue weighted by atomic mass is 10.1. The fourth-order valence-electron chi connectivity index (χ4n) is 4.22. The number of aromatic nitrogens is 3. The molecule has 1 saturated heterocycles. The summed E-state index contributed by atoms with van der Waals surface area (Å²) in [4.78, 5) is 19.3. The normalized spacial score (nSPS) is 17.5. The number of halogens is 1. The molecule has 33 heavy (non-hydrogen) atoms. The number of nitrogens with zero attached hydrogens (tertiary/aromatic N) is 3. The number of fused-ring (bicyclic) bond motifs is 1. The topological polar surface area (TPSA) is 93.9 Å². The smallest absolute Gasteiger partial charge is 0.256 e. The molecule has 1 N–H and O–H groups in total. The molecule has 1 atom stereocenters. The van der Waals surface area contributed by atoms with E-state index in [1.165, 1.54) is 11.3 Å². The SMILES string of the molecule is Cc1cc(Br)ccc1NC(=O)c1cc(-c2cccs2)nc2c1c(C)nn2C1CCS(=O)(=O)C1. The Hall–Kier alpha value is -2.56. The predicted octanol–water partition coefficient (Wildman–Crippen LogP) is 5.15. The van der Waals surface area contributed by atoms with Crippen molar-refractivity contribution in [2.24, 2.45) is 0 Å². The Balaban J connectivity index is 1.66. The molecule has 170 valence electrons. The summed E-state index contributed by atoms with van der Waals surface area (Å²) in [6, 6.07) is 11.1. The molecule has 1 fully saturated rings. The Bertz CT molecular complexity index is 1490. The van der Waals surface area contributed by atoms with Crippen LogP contribution in [0, 0.1) is 13.8 Å². The molecular formula is C23H21BrN4O3S2. The van der Waals surface area contributed by atoms with Gasteiger partial charge in [0.05, 0.1) is 44.8 Å². The van der Waals surface area contributed by atoms with Crippen LogP contribution < -0.4 is 5.32 Å². The van der Waals surface area contributed by atoms with Crippen molar-refractivity contribution in [3.05, 3.63) is 63.1 Å². The van der Waals surface area contributed by atoms with Crippen molar-refractivity contribution < 1.29 is 13.2 Å². The zero-order valence-corrected chi connectivity index (χ0v) is 21.2. The third-order valence-electron chi connectivity index (χ3n) is 5.85. The standard InChI is InChI=1S/C23H21BrN4O3S2/c1-13-10-15(24)5-6-18(13)26-23(29)17-11-19(20-4-3-8-32-20)25-22-21(17)14(2)27-28(22)16-7-9-33(30,31)12-16/h3-6,8,10-11,16H,7,9,12H2,1-2H3,(H,26,29). The van der Waals surface area contributed by atoms with Crippen LogP contribution in [-0.4, -0.2) is 40.6 Å². The monoisotopic (exact) mass is 544 g/mol. The lowest BCUT2D eigenvalue weighted by Gasteiger charge is -2.13. The van der Waals surface area contributed by atoms with Gasteiger partial charge in [0.15, 0.2) is 15.5 Å². The van der Waals surface area contributed by atoms with Gasteiger partial charge in [0.25, 0.3) is 5.91 Å². The fourth-order valence-corrected chi connectivity index (χ4v) is 7.08. The lowest BCUT2D eigenvalue weighted by Crippen LogP contribution is -2.15. The van der Waals surface area contributed by atoms with E-state index in [1.807, 2.05) is 49.6 Å². The molecule has 1 aromatic carbocycles. The summed E-state index contributed by atoms with van der Waals surface area (Å²) in [7, 11) is -3.10. The van der Waals surface area contributed by atoms with Crippen LogP contribution >= 0.6 is 27.3 Å². The highest BCUT2D eigenvalue weighted by Gasteiger charge is 2.32. The van der Waals surface area contributed by atoms with Gasteiger partial charge in [0.1, 0.15) is 0 Å². The van der Waals surface area contributed by atoms with Crippen LogP contribution in [0.3, 0.4) is 0 Å². The van der Waals surface area contributed by atoms with Crippen LogP contribution in [0.1, 0.15) is 34.1 Å². The number of benzene rings is 1. The molecule has 5 rings (SSSR count). The quantitative estimate of drug-likeness (QED) is 0.383. The summed E-state index contributed by atoms with van der Waals surface area (Å²) < 4.78 is 26.9. The van der Waals surface area contributed by atoms with Gasteiger partial charge in [-0.3, -0.25) is 4.79 Å². The van der Waals surface area contributed by atoms with Crippen LogP contribution in [0.15, 0.2) is 46.3 Å². The van der Waals surface area contributed by atoms with E-state index in [-0.39, 0.29) is 23.5 Å². The number of anilines is 1. The minimum Gasteiger partial charge on any atom is -0.322 e. The van der Waals surface area contributed by atoms with Gasteiger partial charge >= 0.3 is 0 Å². The average molecular weight is 545 g/mol. The van der Waals surface area contributed by atoms with E-state index in [1.54, 1.807) is 10.7 Å². The van der Waals surface area contributed by atoms with E-state index in [0.29, 0.717) is 34.4 Å². The summed E-state index contributed by atoms with van der Waals surface area (Å²) in [5.74, 6) is -0.0839. The van der Waals surface area contributed by atoms with Crippen LogP contribution in [0.5, 0.6) is 0 Å². The first-order chi connectivity index (χ1) is 15.7. The molecule has 7 nitrogen and oxygen atoms in total. The lowest BCUT2D eigenvalue weighted by molar-refractivity contribution is 0.102. The third-order valence-corrected chi connectivity index (χ3v) is 8.98. The zero-order chi connectivity index (χ0) is 23.3. The summed E-state index contributed by atoms with van der Waals surface area (Å²) in [6.45, 7) is 3.76. The number of pyridine rings is 1. The Kier molecular flexibility index (Phi) is 5.62. The van der Waals surface area contributed by atoms with E-state index in [0.717, 1.165) is 20.6 Å². The summed E-state index contributed by atoms with van der Waals surface area (Å²) in [5, 5.41) is 10.3. The molecule has 1 unspecified atom stereocenters. The van der Waals surface area contributed by atoms with Crippen molar-refractivity contribution >= 4 is 59.7 Å². The fraction of sp³-hybridized carbons (Fsp3) is 0.261. The van der Waals surface area contributed by atoms with E-state index in [4.69, 9.17) is 4.98 Å². The van der Waals surface area contributed by atoms with E-state index >= 15 is 0 Å².